The molecule has 0 spiro atoms. The molecule has 0 saturated carbocycles. The number of carbonyl (C=O) groups excluding carboxylic acids is 1. The maximum Gasteiger partial charge on any atom is 0.275 e. The first-order valence-electron chi connectivity index (χ1n) is 10.1. The first kappa shape index (κ1) is 22.8. The lowest BCUT2D eigenvalue weighted by molar-refractivity contribution is 0.102. The van der Waals surface area contributed by atoms with Gasteiger partial charge in [0.25, 0.3) is 5.91 Å². The van der Waals surface area contributed by atoms with Gasteiger partial charge in [0, 0.05) is 31.3 Å². The Bertz CT molecular complexity index is 1000. The summed E-state index contributed by atoms with van der Waals surface area (Å²) in [5.41, 5.74) is 1.40. The summed E-state index contributed by atoms with van der Waals surface area (Å²) in [6, 6.07) is 5.50. The van der Waals surface area contributed by atoms with E-state index in [0.29, 0.717) is 5.69 Å². The summed E-state index contributed by atoms with van der Waals surface area (Å²) in [4.78, 5) is 23.1. The van der Waals surface area contributed by atoms with E-state index < -0.39 is 17.5 Å². The number of thiazole rings is 1. The maximum absolute atomic E-state index is 14.0. The van der Waals surface area contributed by atoms with E-state index in [1.54, 1.807) is 19.3 Å². The molecular formula is C22H24F2N4O2S. The van der Waals surface area contributed by atoms with Crippen molar-refractivity contribution in [2.24, 2.45) is 0 Å². The fourth-order valence-electron chi connectivity index (χ4n) is 3.28. The summed E-state index contributed by atoms with van der Waals surface area (Å²) in [5.74, 6) is -1.85. The third-order valence-corrected chi connectivity index (χ3v) is 5.52. The molecule has 0 aliphatic carbocycles. The van der Waals surface area contributed by atoms with Crippen LogP contribution < -0.4 is 10.2 Å². The number of amides is 1. The highest BCUT2D eigenvalue weighted by atomic mass is 32.1. The Morgan fingerprint density at radius 3 is 2.55 bits per heavy atom. The number of nitrogens with one attached hydrogen (secondary N) is 1. The van der Waals surface area contributed by atoms with Crippen LogP contribution in [0.3, 0.4) is 0 Å². The second kappa shape index (κ2) is 10.9. The lowest BCUT2D eigenvalue weighted by Crippen LogP contribution is -2.30. The molecule has 31 heavy (non-hydrogen) atoms. The number of nitrogens with zero attached hydrogens (tertiary/aromatic N) is 3. The fraction of sp³-hybridized carbons (Fsp3) is 0.318. The Morgan fingerprint density at radius 1 is 1.19 bits per heavy atom. The Hall–Kier alpha value is -2.91. The van der Waals surface area contributed by atoms with E-state index in [1.165, 1.54) is 30.0 Å². The Labute approximate surface area is 183 Å². The zero-order valence-corrected chi connectivity index (χ0v) is 18.0. The van der Waals surface area contributed by atoms with Crippen molar-refractivity contribution in [1.82, 2.24) is 9.97 Å². The van der Waals surface area contributed by atoms with Gasteiger partial charge in [0.2, 0.25) is 0 Å². The summed E-state index contributed by atoms with van der Waals surface area (Å²) in [7, 11) is 0. The van der Waals surface area contributed by atoms with E-state index in [-0.39, 0.29) is 22.9 Å². The number of aromatic nitrogens is 2. The first-order chi connectivity index (χ1) is 15.0. The second-order valence-corrected chi connectivity index (χ2v) is 7.70. The molecule has 0 atom stereocenters. The van der Waals surface area contributed by atoms with Crippen molar-refractivity contribution in [3.63, 3.8) is 0 Å². The third-order valence-electron chi connectivity index (χ3n) is 4.66. The van der Waals surface area contributed by atoms with Gasteiger partial charge in [-0.2, -0.15) is 0 Å². The van der Waals surface area contributed by atoms with Gasteiger partial charge < -0.3 is 15.3 Å². The van der Waals surface area contributed by atoms with Crippen LogP contribution in [0.1, 0.15) is 36.7 Å². The van der Waals surface area contributed by atoms with Gasteiger partial charge in [-0.3, -0.25) is 9.78 Å². The van der Waals surface area contributed by atoms with Gasteiger partial charge >= 0.3 is 0 Å². The zero-order valence-electron chi connectivity index (χ0n) is 17.1. The Kier molecular flexibility index (Phi) is 8.02. The third kappa shape index (κ3) is 5.62. The van der Waals surface area contributed by atoms with Crippen molar-refractivity contribution in [2.75, 3.05) is 29.9 Å². The highest BCUT2D eigenvalue weighted by Crippen LogP contribution is 2.30. The number of halogens is 2. The molecule has 2 aromatic heterocycles. The largest absolute Gasteiger partial charge is 0.397 e. The Morgan fingerprint density at radius 2 is 1.87 bits per heavy atom. The van der Waals surface area contributed by atoms with Crippen LogP contribution in [0.4, 0.5) is 20.2 Å². The summed E-state index contributed by atoms with van der Waals surface area (Å²) in [5, 5.41) is 12.0. The number of pyridine rings is 1. The molecule has 0 bridgehead atoms. The van der Waals surface area contributed by atoms with Crippen LogP contribution in [-0.4, -0.2) is 40.7 Å². The normalized spacial score (nSPS) is 13.4. The average Bonchev–Trinajstić information content (AvgIpc) is 3.25. The number of benzene rings is 1. The summed E-state index contributed by atoms with van der Waals surface area (Å²) in [6.07, 6.45) is 6.73. The van der Waals surface area contributed by atoms with Gasteiger partial charge in [-0.25, -0.2) is 13.8 Å². The molecule has 9 heteroatoms. The minimum absolute atomic E-state index is 0.108. The number of rotatable bonds is 4. The predicted molar refractivity (Wildman–Crippen MR) is 118 cm³/mol. The molecule has 1 fully saturated rings. The fourth-order valence-corrected chi connectivity index (χ4v) is 4.12. The summed E-state index contributed by atoms with van der Waals surface area (Å²) in [6.45, 7) is 3.79. The van der Waals surface area contributed by atoms with E-state index in [9.17, 15) is 13.6 Å². The van der Waals surface area contributed by atoms with Crippen molar-refractivity contribution >= 4 is 28.6 Å². The second-order valence-electron chi connectivity index (χ2n) is 6.85. The van der Waals surface area contributed by atoms with Crippen molar-refractivity contribution in [2.45, 2.75) is 26.2 Å². The summed E-state index contributed by atoms with van der Waals surface area (Å²) < 4.78 is 27.9. The molecule has 0 radical (unpaired) electrons. The number of carbonyl (C=O) groups is 1. The molecular weight excluding hydrogens is 422 g/mol. The van der Waals surface area contributed by atoms with Gasteiger partial charge in [-0.05, 0) is 44.4 Å². The van der Waals surface area contributed by atoms with E-state index in [0.717, 1.165) is 43.0 Å². The monoisotopic (exact) mass is 446 g/mol. The zero-order chi connectivity index (χ0) is 22.2. The van der Waals surface area contributed by atoms with E-state index >= 15 is 0 Å². The molecule has 1 aliphatic rings. The molecule has 3 heterocycles. The molecule has 1 aromatic carbocycles. The van der Waals surface area contributed by atoms with Gasteiger partial charge in [-0.15, -0.1) is 11.3 Å². The molecule has 164 valence electrons. The van der Waals surface area contributed by atoms with Crippen molar-refractivity contribution < 1.29 is 18.7 Å². The highest BCUT2D eigenvalue weighted by Gasteiger charge is 2.20. The number of hydrogen-bond acceptors (Lipinski definition) is 6. The molecule has 4 rings (SSSR count). The quantitative estimate of drug-likeness (QED) is 0.606. The Balaban J connectivity index is 0.000000858. The van der Waals surface area contributed by atoms with E-state index in [1.807, 2.05) is 6.07 Å². The predicted octanol–water partition coefficient (Wildman–Crippen LogP) is 4.72. The maximum atomic E-state index is 14.0. The number of hydrogen-bond donors (Lipinski definition) is 2. The first-order valence-corrected chi connectivity index (χ1v) is 10.9. The van der Waals surface area contributed by atoms with E-state index in [2.05, 4.69) is 20.2 Å². The van der Waals surface area contributed by atoms with Crippen LogP contribution in [0.25, 0.3) is 10.6 Å². The van der Waals surface area contributed by atoms with Gasteiger partial charge in [0.05, 0.1) is 23.1 Å². The number of aliphatic hydroxyl groups excluding tert-OH is 1. The molecule has 2 N–H and O–H groups in total. The minimum atomic E-state index is -0.707. The average molecular weight is 447 g/mol. The molecule has 1 saturated heterocycles. The molecule has 0 unspecified atom stereocenters. The molecule has 1 amide bonds. The van der Waals surface area contributed by atoms with Crippen molar-refractivity contribution in [3.05, 3.63) is 59.4 Å². The number of anilines is 2. The lowest BCUT2D eigenvalue weighted by atomic mass is 10.1. The van der Waals surface area contributed by atoms with Gasteiger partial charge in [0.1, 0.15) is 22.3 Å². The van der Waals surface area contributed by atoms with Gasteiger partial charge in [-0.1, -0.05) is 6.07 Å². The smallest absolute Gasteiger partial charge is 0.275 e. The minimum Gasteiger partial charge on any atom is -0.397 e. The van der Waals surface area contributed by atoms with Gasteiger partial charge in [0.15, 0.2) is 0 Å². The van der Waals surface area contributed by atoms with Crippen LogP contribution >= 0.6 is 11.3 Å². The lowest BCUT2D eigenvalue weighted by Gasteiger charge is -2.30. The van der Waals surface area contributed by atoms with Crippen LogP contribution in [0.5, 0.6) is 0 Å². The SMILES string of the molecule is CCO.O=C(Nc1cnccc1N1CCCCC1)c1csc(-c2c(F)cccc2F)n1. The van der Waals surface area contributed by atoms with E-state index in [4.69, 9.17) is 5.11 Å². The summed E-state index contributed by atoms with van der Waals surface area (Å²) >= 11 is 1.02. The van der Waals surface area contributed by atoms with Crippen molar-refractivity contribution in [3.8, 4) is 10.6 Å². The van der Waals surface area contributed by atoms with Crippen LogP contribution in [0.15, 0.2) is 42.0 Å². The number of aliphatic hydroxyl groups is 1. The van der Waals surface area contributed by atoms with Crippen LogP contribution in [-0.2, 0) is 0 Å². The highest BCUT2D eigenvalue weighted by molar-refractivity contribution is 7.13. The topological polar surface area (TPSA) is 78.3 Å². The van der Waals surface area contributed by atoms with Crippen LogP contribution in [0.2, 0.25) is 0 Å². The van der Waals surface area contributed by atoms with Crippen molar-refractivity contribution in [1.29, 1.82) is 0 Å². The standard InChI is InChI=1S/C20H18F2N4OS.C2H6O/c21-13-5-4-6-14(22)18(13)20-25-16(12-28-20)19(27)24-15-11-23-8-7-17(15)26-9-2-1-3-10-26;1-2-3/h4-8,11-12H,1-3,9-10H2,(H,24,27);3H,2H2,1H3. The molecule has 6 nitrogen and oxygen atoms in total. The molecule has 3 aromatic rings. The number of piperidine rings is 1. The molecule has 1 aliphatic heterocycles. The van der Waals surface area contributed by atoms with Crippen LogP contribution in [0, 0.1) is 11.6 Å².